The number of ether oxygens (including phenoxy) is 2. The molecule has 0 heterocycles. The maximum atomic E-state index is 11.8. The van der Waals surface area contributed by atoms with Crippen LogP contribution in [0.4, 0.5) is 5.69 Å². The minimum Gasteiger partial charge on any atom is -0.506 e. The molecule has 0 fully saturated rings. The second-order valence-corrected chi connectivity index (χ2v) is 4.53. The average molecular weight is 287 g/mol. The number of methoxy groups -OCH3 is 1. The molecule has 0 saturated carbocycles. The summed E-state index contributed by atoms with van der Waals surface area (Å²) in [6.45, 7) is 1.72. The molecule has 0 bridgehead atoms. The van der Waals surface area contributed by atoms with Crippen molar-refractivity contribution in [3.05, 3.63) is 48.0 Å². The number of aryl methyl sites for hydroxylation is 1. The Labute approximate surface area is 123 Å². The molecule has 0 aliphatic carbocycles. The molecule has 0 saturated heterocycles. The molecule has 1 amide bonds. The van der Waals surface area contributed by atoms with Crippen molar-refractivity contribution in [3.8, 4) is 17.2 Å². The number of hydrogen-bond acceptors (Lipinski definition) is 4. The zero-order valence-electron chi connectivity index (χ0n) is 11.9. The molecule has 2 N–H and O–H groups in total. The molecule has 0 aromatic heterocycles. The van der Waals surface area contributed by atoms with Crippen LogP contribution >= 0.6 is 0 Å². The van der Waals surface area contributed by atoms with Crippen LogP contribution in [0.1, 0.15) is 5.56 Å². The number of nitrogens with one attached hydrogen (secondary N) is 1. The van der Waals surface area contributed by atoms with Gasteiger partial charge in [-0.2, -0.15) is 0 Å². The summed E-state index contributed by atoms with van der Waals surface area (Å²) in [6.07, 6.45) is 0. The highest BCUT2D eigenvalue weighted by Crippen LogP contribution is 2.23. The average Bonchev–Trinajstić information content (AvgIpc) is 2.48. The Morgan fingerprint density at radius 1 is 1.14 bits per heavy atom. The molecule has 2 rings (SSSR count). The predicted molar refractivity (Wildman–Crippen MR) is 80.0 cm³/mol. The van der Waals surface area contributed by atoms with E-state index in [1.807, 2.05) is 6.92 Å². The molecular weight excluding hydrogens is 270 g/mol. The van der Waals surface area contributed by atoms with E-state index in [0.717, 1.165) is 11.3 Å². The lowest BCUT2D eigenvalue weighted by Crippen LogP contribution is -2.20. The molecule has 2 aromatic rings. The number of rotatable bonds is 5. The lowest BCUT2D eigenvalue weighted by atomic mass is 10.2. The van der Waals surface area contributed by atoms with Crippen molar-refractivity contribution in [2.45, 2.75) is 6.92 Å². The van der Waals surface area contributed by atoms with Crippen LogP contribution in [0.5, 0.6) is 17.2 Å². The van der Waals surface area contributed by atoms with Gasteiger partial charge in [0.1, 0.15) is 17.2 Å². The van der Waals surface area contributed by atoms with E-state index >= 15 is 0 Å². The normalized spacial score (nSPS) is 10.0. The van der Waals surface area contributed by atoms with Crippen LogP contribution in [-0.2, 0) is 4.79 Å². The number of hydrogen-bond donors (Lipinski definition) is 2. The van der Waals surface area contributed by atoms with E-state index in [1.54, 1.807) is 49.6 Å². The van der Waals surface area contributed by atoms with Gasteiger partial charge in [-0.15, -0.1) is 0 Å². The van der Waals surface area contributed by atoms with Gasteiger partial charge >= 0.3 is 0 Å². The van der Waals surface area contributed by atoms with Gasteiger partial charge in [-0.1, -0.05) is 6.07 Å². The molecule has 0 aliphatic rings. The summed E-state index contributed by atoms with van der Waals surface area (Å²) in [5.74, 6) is 0.980. The van der Waals surface area contributed by atoms with E-state index in [0.29, 0.717) is 11.4 Å². The zero-order valence-corrected chi connectivity index (χ0v) is 11.9. The Kier molecular flexibility index (Phi) is 4.66. The van der Waals surface area contributed by atoms with Crippen molar-refractivity contribution in [3.63, 3.8) is 0 Å². The van der Waals surface area contributed by atoms with Crippen molar-refractivity contribution in [2.75, 3.05) is 19.0 Å². The van der Waals surface area contributed by atoms with E-state index < -0.39 is 0 Å². The Morgan fingerprint density at radius 2 is 1.81 bits per heavy atom. The van der Waals surface area contributed by atoms with Crippen LogP contribution in [0.2, 0.25) is 0 Å². The molecule has 0 aliphatic heterocycles. The van der Waals surface area contributed by atoms with E-state index in [4.69, 9.17) is 9.47 Å². The fraction of sp³-hybridized carbons (Fsp3) is 0.188. The minimum absolute atomic E-state index is 0.0350. The number of anilines is 1. The topological polar surface area (TPSA) is 67.8 Å². The second-order valence-electron chi connectivity index (χ2n) is 4.53. The molecule has 0 spiro atoms. The van der Waals surface area contributed by atoms with Crippen LogP contribution in [-0.4, -0.2) is 24.7 Å². The molecule has 2 aromatic carbocycles. The molecule has 5 heteroatoms. The quantitative estimate of drug-likeness (QED) is 0.830. The first kappa shape index (κ1) is 14.7. The first-order chi connectivity index (χ1) is 10.1. The lowest BCUT2D eigenvalue weighted by Gasteiger charge is -2.09. The smallest absolute Gasteiger partial charge is 0.262 e. The maximum Gasteiger partial charge on any atom is 0.262 e. The molecule has 0 atom stereocenters. The fourth-order valence-corrected chi connectivity index (χ4v) is 1.75. The van der Waals surface area contributed by atoms with Crippen molar-refractivity contribution in [1.82, 2.24) is 0 Å². The second kappa shape index (κ2) is 6.65. The zero-order chi connectivity index (χ0) is 15.2. The Balaban J connectivity index is 1.89. The van der Waals surface area contributed by atoms with Crippen LogP contribution in [0.3, 0.4) is 0 Å². The number of phenolic OH excluding ortho intramolecular Hbond substituents is 1. The third-order valence-electron chi connectivity index (χ3n) is 2.86. The Hall–Kier alpha value is -2.69. The summed E-state index contributed by atoms with van der Waals surface area (Å²) in [4.78, 5) is 11.8. The minimum atomic E-state index is -0.343. The number of aromatic hydroxyl groups is 1. The predicted octanol–water partition coefficient (Wildman–Crippen LogP) is 2.73. The summed E-state index contributed by atoms with van der Waals surface area (Å²) in [5, 5.41) is 12.3. The van der Waals surface area contributed by atoms with E-state index in [2.05, 4.69) is 5.32 Å². The fourth-order valence-electron chi connectivity index (χ4n) is 1.75. The first-order valence-electron chi connectivity index (χ1n) is 6.45. The number of phenols is 1. The standard InChI is InChI=1S/C16H17NO4/c1-11-3-8-14(15(18)9-11)17-16(19)10-21-13-6-4-12(20-2)5-7-13/h3-9,18H,10H2,1-2H3,(H,17,19). The van der Waals surface area contributed by atoms with E-state index in [9.17, 15) is 9.90 Å². The number of benzene rings is 2. The summed E-state index contributed by atoms with van der Waals surface area (Å²) in [5.41, 5.74) is 1.28. The van der Waals surface area contributed by atoms with Crippen LogP contribution in [0, 0.1) is 6.92 Å². The number of amides is 1. The van der Waals surface area contributed by atoms with E-state index in [1.165, 1.54) is 0 Å². The molecular formula is C16H17NO4. The van der Waals surface area contributed by atoms with Crippen molar-refractivity contribution in [1.29, 1.82) is 0 Å². The molecule has 0 unspecified atom stereocenters. The summed E-state index contributed by atoms with van der Waals surface area (Å²) < 4.78 is 10.4. The first-order valence-corrected chi connectivity index (χ1v) is 6.45. The van der Waals surface area contributed by atoms with E-state index in [-0.39, 0.29) is 18.3 Å². The Bertz CT molecular complexity index is 623. The van der Waals surface area contributed by atoms with Gasteiger partial charge in [0.15, 0.2) is 6.61 Å². The van der Waals surface area contributed by atoms with Gasteiger partial charge in [0.25, 0.3) is 5.91 Å². The van der Waals surface area contributed by atoms with Crippen LogP contribution in [0.15, 0.2) is 42.5 Å². The van der Waals surface area contributed by atoms with Gasteiger partial charge in [-0.05, 0) is 48.9 Å². The SMILES string of the molecule is COc1ccc(OCC(=O)Nc2ccc(C)cc2O)cc1. The number of carbonyl (C=O) groups excluding carboxylic acids is 1. The largest absolute Gasteiger partial charge is 0.506 e. The summed E-state index contributed by atoms with van der Waals surface area (Å²) in [6, 6.07) is 12.0. The van der Waals surface area contributed by atoms with Gasteiger partial charge in [0.2, 0.25) is 0 Å². The van der Waals surface area contributed by atoms with Gasteiger partial charge in [0.05, 0.1) is 12.8 Å². The van der Waals surface area contributed by atoms with Crippen LogP contribution in [0.25, 0.3) is 0 Å². The monoisotopic (exact) mass is 287 g/mol. The highest BCUT2D eigenvalue weighted by Gasteiger charge is 2.07. The molecule has 110 valence electrons. The highest BCUT2D eigenvalue weighted by molar-refractivity contribution is 5.93. The summed E-state index contributed by atoms with van der Waals surface area (Å²) in [7, 11) is 1.58. The summed E-state index contributed by atoms with van der Waals surface area (Å²) >= 11 is 0. The van der Waals surface area contributed by atoms with Crippen LogP contribution < -0.4 is 14.8 Å². The lowest BCUT2D eigenvalue weighted by molar-refractivity contribution is -0.118. The Morgan fingerprint density at radius 3 is 2.43 bits per heavy atom. The molecule has 21 heavy (non-hydrogen) atoms. The third kappa shape index (κ3) is 4.14. The van der Waals surface area contributed by atoms with Gasteiger partial charge in [0, 0.05) is 0 Å². The van der Waals surface area contributed by atoms with Gasteiger partial charge < -0.3 is 19.9 Å². The molecule has 5 nitrogen and oxygen atoms in total. The maximum absolute atomic E-state index is 11.8. The van der Waals surface area contributed by atoms with Gasteiger partial charge in [-0.25, -0.2) is 0 Å². The van der Waals surface area contributed by atoms with Crippen molar-refractivity contribution >= 4 is 11.6 Å². The number of carbonyl (C=O) groups is 1. The highest BCUT2D eigenvalue weighted by atomic mass is 16.5. The van der Waals surface area contributed by atoms with Crippen molar-refractivity contribution in [2.24, 2.45) is 0 Å². The third-order valence-corrected chi connectivity index (χ3v) is 2.86. The van der Waals surface area contributed by atoms with Gasteiger partial charge in [-0.3, -0.25) is 4.79 Å². The molecule has 0 radical (unpaired) electrons. The van der Waals surface area contributed by atoms with Crippen molar-refractivity contribution < 1.29 is 19.4 Å².